The molecule has 0 radical (unpaired) electrons. The smallest absolute Gasteiger partial charge is 0.304 e. The molecule has 1 amide bonds. The summed E-state index contributed by atoms with van der Waals surface area (Å²) in [7, 11) is 0. The lowest BCUT2D eigenvalue weighted by atomic mass is 9.67. The van der Waals surface area contributed by atoms with Gasteiger partial charge >= 0.3 is 5.97 Å². The summed E-state index contributed by atoms with van der Waals surface area (Å²) in [5.74, 6) is -1.50. The number of carboxylic acids is 1. The third kappa shape index (κ3) is 4.95. The van der Waals surface area contributed by atoms with Crippen molar-refractivity contribution in [3.8, 4) is 0 Å². The van der Waals surface area contributed by atoms with Gasteiger partial charge in [-0.25, -0.2) is 0 Å². The number of hydrogen-bond acceptors (Lipinski definition) is 3. The number of aliphatic hydroxyl groups is 1. The second-order valence-corrected chi connectivity index (χ2v) is 9.79. The fraction of sp³-hybridized carbons (Fsp3) is 0.440. The molecule has 2 N–H and O–H groups in total. The number of rotatable bonds is 7. The van der Waals surface area contributed by atoms with Crippen LogP contribution in [0.5, 0.6) is 0 Å². The minimum atomic E-state index is -1.12. The van der Waals surface area contributed by atoms with Crippen molar-refractivity contribution in [1.29, 1.82) is 0 Å². The lowest BCUT2D eigenvalue weighted by molar-refractivity contribution is -0.163. The van der Waals surface area contributed by atoms with E-state index >= 15 is 0 Å². The standard InChI is InChI=1S/C25H29Cl2NO4/c1-4-21(15(2)29)28-23(16-8-10-18(26)11-9-16)20(17-6-5-7-19(27)12-17)13-25(3,24(28)32)14-22(30)31/h5-12,15,20-21,23,29H,4,13-14H2,1-3H3,(H,30,31)/t15-,20+,21+,23+,25-/m0/s1. The topological polar surface area (TPSA) is 77.8 Å². The number of aliphatic hydroxyl groups excluding tert-OH is 1. The van der Waals surface area contributed by atoms with E-state index in [1.54, 1.807) is 36.9 Å². The molecule has 3 rings (SSSR count). The van der Waals surface area contributed by atoms with Crippen LogP contribution in [-0.2, 0) is 9.59 Å². The number of amides is 1. The molecule has 0 bridgehead atoms. The quantitative estimate of drug-likeness (QED) is 0.536. The van der Waals surface area contributed by atoms with Crippen molar-refractivity contribution in [2.75, 3.05) is 0 Å². The van der Waals surface area contributed by atoms with Crippen LogP contribution in [0.25, 0.3) is 0 Å². The molecule has 1 aliphatic rings. The van der Waals surface area contributed by atoms with Gasteiger partial charge in [-0.05, 0) is 55.2 Å². The highest BCUT2D eigenvalue weighted by Gasteiger charge is 2.52. The average Bonchev–Trinajstić information content (AvgIpc) is 2.71. The maximum atomic E-state index is 13.9. The first kappa shape index (κ1) is 24.6. The van der Waals surface area contributed by atoms with Gasteiger partial charge in [0.2, 0.25) is 5.91 Å². The first-order chi connectivity index (χ1) is 15.1. The maximum Gasteiger partial charge on any atom is 0.304 e. The summed E-state index contributed by atoms with van der Waals surface area (Å²) in [5.41, 5.74) is 0.681. The third-order valence-corrected chi connectivity index (χ3v) is 6.95. The zero-order chi connectivity index (χ0) is 23.6. The predicted molar refractivity (Wildman–Crippen MR) is 126 cm³/mol. The summed E-state index contributed by atoms with van der Waals surface area (Å²) in [6, 6.07) is 13.9. The van der Waals surface area contributed by atoms with E-state index in [9.17, 15) is 19.8 Å². The highest BCUT2D eigenvalue weighted by molar-refractivity contribution is 6.30. The van der Waals surface area contributed by atoms with Crippen LogP contribution in [0.3, 0.4) is 0 Å². The second kappa shape index (κ2) is 9.82. The van der Waals surface area contributed by atoms with Gasteiger partial charge in [-0.15, -0.1) is 0 Å². The number of aliphatic carboxylic acids is 1. The first-order valence-electron chi connectivity index (χ1n) is 10.8. The Morgan fingerprint density at radius 3 is 2.34 bits per heavy atom. The lowest BCUT2D eigenvalue weighted by Gasteiger charge is -2.52. The van der Waals surface area contributed by atoms with Crippen LogP contribution in [0.15, 0.2) is 48.5 Å². The summed E-state index contributed by atoms with van der Waals surface area (Å²) in [4.78, 5) is 27.3. The average molecular weight is 478 g/mol. The van der Waals surface area contributed by atoms with E-state index in [1.807, 2.05) is 37.3 Å². The normalized spacial score (nSPS) is 25.4. The Balaban J connectivity index is 2.25. The van der Waals surface area contributed by atoms with Gasteiger partial charge in [0.15, 0.2) is 0 Å². The van der Waals surface area contributed by atoms with Gasteiger partial charge < -0.3 is 15.1 Å². The van der Waals surface area contributed by atoms with Gasteiger partial charge in [-0.2, -0.15) is 0 Å². The Hall–Kier alpha value is -2.08. The molecular formula is C25H29Cl2NO4. The molecule has 0 aliphatic carbocycles. The predicted octanol–water partition coefficient (Wildman–Crippen LogP) is 5.69. The van der Waals surface area contributed by atoms with Gasteiger partial charge in [0, 0.05) is 16.0 Å². The molecule has 1 heterocycles. The second-order valence-electron chi connectivity index (χ2n) is 8.92. The molecule has 172 valence electrons. The van der Waals surface area contributed by atoms with E-state index < -0.39 is 29.6 Å². The van der Waals surface area contributed by atoms with Crippen LogP contribution < -0.4 is 0 Å². The maximum absolute atomic E-state index is 13.9. The van der Waals surface area contributed by atoms with Gasteiger partial charge in [0.1, 0.15) is 0 Å². The number of likely N-dealkylation sites (tertiary alicyclic amines) is 1. The third-order valence-electron chi connectivity index (χ3n) is 6.46. The van der Waals surface area contributed by atoms with Crippen molar-refractivity contribution in [2.24, 2.45) is 5.41 Å². The number of carboxylic acid groups (broad SMARTS) is 1. The number of benzene rings is 2. The van der Waals surface area contributed by atoms with Crippen LogP contribution in [-0.4, -0.2) is 39.1 Å². The Kier molecular flexibility index (Phi) is 7.53. The van der Waals surface area contributed by atoms with Crippen LogP contribution in [0, 0.1) is 5.41 Å². The highest BCUT2D eigenvalue weighted by Crippen LogP contribution is 2.52. The van der Waals surface area contributed by atoms with Crippen LogP contribution in [0.2, 0.25) is 10.0 Å². The van der Waals surface area contributed by atoms with Crippen molar-refractivity contribution in [2.45, 2.75) is 64.1 Å². The Morgan fingerprint density at radius 2 is 1.81 bits per heavy atom. The SMILES string of the molecule is CC[C@H]([C@H](C)O)N1C(=O)[C@](C)(CC(=O)O)C[C@H](c2cccc(Cl)c2)[C@H]1c1ccc(Cl)cc1. The van der Waals surface area contributed by atoms with Crippen molar-refractivity contribution in [1.82, 2.24) is 4.90 Å². The van der Waals surface area contributed by atoms with Gasteiger partial charge in [0.05, 0.1) is 30.0 Å². The van der Waals surface area contributed by atoms with E-state index in [0.717, 1.165) is 11.1 Å². The largest absolute Gasteiger partial charge is 0.481 e. The molecule has 7 heteroatoms. The van der Waals surface area contributed by atoms with Gasteiger partial charge in [-0.1, -0.05) is 61.3 Å². The number of carbonyl (C=O) groups excluding carboxylic acids is 1. The summed E-state index contributed by atoms with van der Waals surface area (Å²) >= 11 is 12.4. The molecule has 2 aromatic carbocycles. The molecule has 1 saturated heterocycles. The summed E-state index contributed by atoms with van der Waals surface area (Å²) in [5, 5.41) is 21.3. The molecule has 5 nitrogen and oxygen atoms in total. The highest BCUT2D eigenvalue weighted by atomic mass is 35.5. The Labute approximate surface area is 199 Å². The van der Waals surface area contributed by atoms with E-state index in [-0.39, 0.29) is 18.2 Å². The summed E-state index contributed by atoms with van der Waals surface area (Å²) in [6.07, 6.45) is -0.202. The monoisotopic (exact) mass is 477 g/mol. The number of halogens is 2. The summed E-state index contributed by atoms with van der Waals surface area (Å²) < 4.78 is 0. The zero-order valence-corrected chi connectivity index (χ0v) is 20.0. The van der Waals surface area contributed by atoms with E-state index in [2.05, 4.69) is 0 Å². The number of carbonyl (C=O) groups is 2. The van der Waals surface area contributed by atoms with Crippen LogP contribution >= 0.6 is 23.2 Å². The first-order valence-corrected chi connectivity index (χ1v) is 11.6. The number of piperidine rings is 1. The van der Waals surface area contributed by atoms with Gasteiger partial charge in [-0.3, -0.25) is 9.59 Å². The van der Waals surface area contributed by atoms with Crippen molar-refractivity contribution >= 4 is 35.1 Å². The molecule has 2 aromatic rings. The van der Waals surface area contributed by atoms with Gasteiger partial charge in [0.25, 0.3) is 0 Å². The van der Waals surface area contributed by atoms with E-state index in [0.29, 0.717) is 22.9 Å². The molecular weight excluding hydrogens is 449 g/mol. The minimum absolute atomic E-state index is 0.218. The molecule has 0 spiro atoms. The van der Waals surface area contributed by atoms with E-state index in [1.165, 1.54) is 0 Å². The van der Waals surface area contributed by atoms with Crippen molar-refractivity contribution in [3.05, 3.63) is 69.7 Å². The van der Waals surface area contributed by atoms with Crippen molar-refractivity contribution < 1.29 is 19.8 Å². The molecule has 1 fully saturated rings. The zero-order valence-electron chi connectivity index (χ0n) is 18.5. The Morgan fingerprint density at radius 1 is 1.16 bits per heavy atom. The van der Waals surface area contributed by atoms with E-state index in [4.69, 9.17) is 23.2 Å². The molecule has 0 aromatic heterocycles. The lowest BCUT2D eigenvalue weighted by Crippen LogP contribution is -2.58. The number of hydrogen-bond donors (Lipinski definition) is 2. The fourth-order valence-electron chi connectivity index (χ4n) is 5.02. The molecule has 32 heavy (non-hydrogen) atoms. The molecule has 0 unspecified atom stereocenters. The number of nitrogens with zero attached hydrogens (tertiary/aromatic N) is 1. The van der Waals surface area contributed by atoms with Crippen LogP contribution in [0.1, 0.15) is 63.1 Å². The minimum Gasteiger partial charge on any atom is -0.481 e. The molecule has 0 saturated carbocycles. The Bertz CT molecular complexity index is 978. The fourth-order valence-corrected chi connectivity index (χ4v) is 5.34. The summed E-state index contributed by atoms with van der Waals surface area (Å²) in [6.45, 7) is 5.29. The van der Waals surface area contributed by atoms with Crippen LogP contribution in [0.4, 0.5) is 0 Å². The van der Waals surface area contributed by atoms with Crippen molar-refractivity contribution in [3.63, 3.8) is 0 Å². The molecule has 1 aliphatic heterocycles. The molecule has 5 atom stereocenters.